The molecule has 0 unspecified atom stereocenters. The Balaban J connectivity index is 1.72. The van der Waals surface area contributed by atoms with Crippen LogP contribution in [0.4, 0.5) is 11.4 Å². The van der Waals surface area contributed by atoms with Crippen molar-refractivity contribution in [2.24, 2.45) is 0 Å². The third-order valence-electron chi connectivity index (χ3n) is 6.44. The van der Waals surface area contributed by atoms with E-state index in [1.54, 1.807) is 12.2 Å². The van der Waals surface area contributed by atoms with Gasteiger partial charge >= 0.3 is 0 Å². The molecule has 2 aliphatic rings. The van der Waals surface area contributed by atoms with E-state index in [4.69, 9.17) is 0 Å². The standard InChI is InChI=1S/C25H28N2O/c1-24(2)18-11-7-9-13-20(18)26(5)22(24)15-17(28)16-23-25(3,4)19-12-8-10-14-21(19)27(23)6/h7-16H,1-6H3/b22-15-,23-16+. The van der Waals surface area contributed by atoms with Crippen LogP contribution in [0.1, 0.15) is 38.8 Å². The summed E-state index contributed by atoms with van der Waals surface area (Å²) in [6.45, 7) is 8.73. The molecule has 0 fully saturated rings. The summed E-state index contributed by atoms with van der Waals surface area (Å²) in [5, 5.41) is 0. The largest absolute Gasteiger partial charge is 0.347 e. The topological polar surface area (TPSA) is 23.6 Å². The molecule has 2 heterocycles. The molecule has 0 N–H and O–H groups in total. The molecule has 3 nitrogen and oxygen atoms in total. The maximum atomic E-state index is 13.1. The average Bonchev–Trinajstić information content (AvgIpc) is 2.98. The van der Waals surface area contributed by atoms with Crippen molar-refractivity contribution in [1.29, 1.82) is 0 Å². The predicted molar refractivity (Wildman–Crippen MR) is 117 cm³/mol. The monoisotopic (exact) mass is 372 g/mol. The number of allylic oxidation sites excluding steroid dienone is 4. The highest BCUT2D eigenvalue weighted by molar-refractivity contribution is 6.02. The first-order valence-electron chi connectivity index (χ1n) is 9.80. The fourth-order valence-corrected chi connectivity index (χ4v) is 4.83. The highest BCUT2D eigenvalue weighted by atomic mass is 16.1. The van der Waals surface area contributed by atoms with Crippen molar-refractivity contribution >= 4 is 17.2 Å². The molecule has 0 aliphatic carbocycles. The van der Waals surface area contributed by atoms with Crippen molar-refractivity contribution in [2.75, 3.05) is 23.9 Å². The molecule has 3 heteroatoms. The molecular weight excluding hydrogens is 344 g/mol. The number of fused-ring (bicyclic) bond motifs is 2. The van der Waals surface area contributed by atoms with Gasteiger partial charge in [0, 0.05) is 59.8 Å². The van der Waals surface area contributed by atoms with Gasteiger partial charge in [0.05, 0.1) is 0 Å². The minimum absolute atomic E-state index is 0.0328. The first-order chi connectivity index (χ1) is 13.2. The molecule has 28 heavy (non-hydrogen) atoms. The number of benzene rings is 2. The summed E-state index contributed by atoms with van der Waals surface area (Å²) in [4.78, 5) is 17.4. The molecular formula is C25H28N2O. The summed E-state index contributed by atoms with van der Waals surface area (Å²) >= 11 is 0. The number of hydrogen-bond acceptors (Lipinski definition) is 3. The molecule has 2 aromatic carbocycles. The number of para-hydroxylation sites is 2. The van der Waals surface area contributed by atoms with E-state index in [9.17, 15) is 4.79 Å². The van der Waals surface area contributed by atoms with Crippen LogP contribution in [0.5, 0.6) is 0 Å². The zero-order valence-electron chi connectivity index (χ0n) is 17.6. The Labute approximate surface area is 168 Å². The number of rotatable bonds is 2. The molecule has 144 valence electrons. The second kappa shape index (κ2) is 6.10. The minimum atomic E-state index is -0.195. The van der Waals surface area contributed by atoms with E-state index in [1.807, 2.05) is 26.2 Å². The Kier molecular flexibility index (Phi) is 4.04. The zero-order valence-corrected chi connectivity index (χ0v) is 17.6. The van der Waals surface area contributed by atoms with Gasteiger partial charge in [0.2, 0.25) is 0 Å². The third-order valence-corrected chi connectivity index (χ3v) is 6.44. The molecule has 0 spiro atoms. The van der Waals surface area contributed by atoms with Crippen molar-refractivity contribution in [2.45, 2.75) is 38.5 Å². The second-order valence-corrected chi connectivity index (χ2v) is 8.86. The van der Waals surface area contributed by atoms with Gasteiger partial charge in [0.1, 0.15) is 0 Å². The van der Waals surface area contributed by atoms with Crippen LogP contribution in [-0.4, -0.2) is 19.9 Å². The van der Waals surface area contributed by atoms with Crippen LogP contribution in [0.2, 0.25) is 0 Å². The lowest BCUT2D eigenvalue weighted by Gasteiger charge is -2.25. The molecule has 2 aromatic rings. The summed E-state index contributed by atoms with van der Waals surface area (Å²) in [5.41, 5.74) is 6.54. The van der Waals surface area contributed by atoms with E-state index in [0.29, 0.717) is 0 Å². The van der Waals surface area contributed by atoms with Gasteiger partial charge in [-0.1, -0.05) is 64.1 Å². The van der Waals surface area contributed by atoms with Crippen molar-refractivity contribution in [3.63, 3.8) is 0 Å². The fourth-order valence-electron chi connectivity index (χ4n) is 4.83. The van der Waals surface area contributed by atoms with Crippen LogP contribution in [0, 0.1) is 0 Å². The van der Waals surface area contributed by atoms with E-state index < -0.39 is 0 Å². The number of carbonyl (C=O) groups excluding carboxylic acids is 1. The molecule has 0 aromatic heterocycles. The van der Waals surface area contributed by atoms with Gasteiger partial charge in [-0.05, 0) is 23.3 Å². The van der Waals surface area contributed by atoms with Crippen LogP contribution >= 0.6 is 0 Å². The van der Waals surface area contributed by atoms with Gasteiger partial charge in [0.15, 0.2) is 5.78 Å². The number of carbonyl (C=O) groups is 1. The third kappa shape index (κ3) is 2.53. The fraction of sp³-hybridized carbons (Fsp3) is 0.320. The number of ketones is 1. The lowest BCUT2D eigenvalue weighted by atomic mass is 9.82. The maximum Gasteiger partial charge on any atom is 0.182 e. The van der Waals surface area contributed by atoms with Gasteiger partial charge in [-0.15, -0.1) is 0 Å². The maximum absolute atomic E-state index is 13.1. The first-order valence-corrected chi connectivity index (χ1v) is 9.80. The first kappa shape index (κ1) is 18.5. The zero-order chi connectivity index (χ0) is 20.3. The van der Waals surface area contributed by atoms with Gasteiger partial charge in [-0.2, -0.15) is 0 Å². The summed E-state index contributed by atoms with van der Waals surface area (Å²) in [7, 11) is 4.09. The highest BCUT2D eigenvalue weighted by Crippen LogP contribution is 2.48. The van der Waals surface area contributed by atoms with Crippen LogP contribution in [0.15, 0.2) is 72.1 Å². The lowest BCUT2D eigenvalue weighted by molar-refractivity contribution is -0.110. The van der Waals surface area contributed by atoms with Crippen LogP contribution in [-0.2, 0) is 15.6 Å². The van der Waals surface area contributed by atoms with Crippen molar-refractivity contribution in [1.82, 2.24) is 0 Å². The molecule has 0 saturated carbocycles. The summed E-state index contributed by atoms with van der Waals surface area (Å²) in [6, 6.07) is 16.8. The van der Waals surface area contributed by atoms with E-state index in [-0.39, 0.29) is 16.6 Å². The molecule has 0 atom stereocenters. The Morgan fingerprint density at radius 1 is 0.714 bits per heavy atom. The minimum Gasteiger partial charge on any atom is -0.347 e. The van der Waals surface area contributed by atoms with E-state index in [2.05, 4.69) is 73.9 Å². The van der Waals surface area contributed by atoms with E-state index >= 15 is 0 Å². The lowest BCUT2D eigenvalue weighted by Crippen LogP contribution is -2.25. The number of hydrogen-bond donors (Lipinski definition) is 0. The smallest absolute Gasteiger partial charge is 0.182 e. The molecule has 0 bridgehead atoms. The predicted octanol–water partition coefficient (Wildman–Crippen LogP) is 5.18. The van der Waals surface area contributed by atoms with Gasteiger partial charge < -0.3 is 9.80 Å². The molecule has 4 rings (SSSR count). The Hall–Kier alpha value is -2.81. The van der Waals surface area contributed by atoms with Crippen LogP contribution in [0.25, 0.3) is 0 Å². The second-order valence-electron chi connectivity index (χ2n) is 8.86. The van der Waals surface area contributed by atoms with E-state index in [1.165, 1.54) is 22.5 Å². The molecule has 0 radical (unpaired) electrons. The average molecular weight is 373 g/mol. The Morgan fingerprint density at radius 3 is 1.43 bits per heavy atom. The van der Waals surface area contributed by atoms with Crippen molar-refractivity contribution in [3.05, 3.63) is 83.2 Å². The molecule has 2 aliphatic heterocycles. The quantitative estimate of drug-likeness (QED) is 0.679. The Morgan fingerprint density at radius 2 is 1.07 bits per heavy atom. The number of anilines is 2. The summed E-state index contributed by atoms with van der Waals surface area (Å²) in [6.07, 6.45) is 3.61. The van der Waals surface area contributed by atoms with Crippen LogP contribution in [0.3, 0.4) is 0 Å². The van der Waals surface area contributed by atoms with Crippen LogP contribution < -0.4 is 9.80 Å². The Bertz CT molecular complexity index is 945. The SMILES string of the molecule is CN1/C(=C\C(=O)/C=C2/N(C)c3ccccc3C2(C)C)C(C)(C)c2ccccc21. The van der Waals surface area contributed by atoms with Gasteiger partial charge in [-0.3, -0.25) is 4.79 Å². The van der Waals surface area contributed by atoms with Gasteiger partial charge in [-0.25, -0.2) is 0 Å². The molecule has 0 amide bonds. The normalized spacial score (nSPS) is 21.9. The number of likely N-dealkylation sites (N-methyl/N-ethyl adjacent to an activating group) is 2. The number of nitrogens with zero attached hydrogens (tertiary/aromatic N) is 2. The highest BCUT2D eigenvalue weighted by Gasteiger charge is 2.40. The van der Waals surface area contributed by atoms with Crippen molar-refractivity contribution < 1.29 is 4.79 Å². The summed E-state index contributed by atoms with van der Waals surface area (Å²) in [5.74, 6) is 0.0328. The molecule has 0 saturated heterocycles. The summed E-state index contributed by atoms with van der Waals surface area (Å²) < 4.78 is 0. The van der Waals surface area contributed by atoms with E-state index in [0.717, 1.165) is 11.4 Å². The van der Waals surface area contributed by atoms with Crippen molar-refractivity contribution in [3.8, 4) is 0 Å². The van der Waals surface area contributed by atoms with Gasteiger partial charge in [0.25, 0.3) is 0 Å².